The van der Waals surface area contributed by atoms with Gasteiger partial charge in [-0.05, 0) is 50.9 Å². The van der Waals surface area contributed by atoms with Crippen molar-refractivity contribution >= 4 is 23.2 Å². The number of hydrogen-bond acceptors (Lipinski definition) is 2. The van der Waals surface area contributed by atoms with Crippen molar-refractivity contribution in [1.82, 2.24) is 4.90 Å². The lowest BCUT2D eigenvalue weighted by Gasteiger charge is -2.47. The zero-order valence-electron chi connectivity index (χ0n) is 12.3. The van der Waals surface area contributed by atoms with Crippen molar-refractivity contribution in [3.05, 3.63) is 33.8 Å². The lowest BCUT2D eigenvalue weighted by Crippen LogP contribution is -2.54. The van der Waals surface area contributed by atoms with E-state index in [1.54, 1.807) is 0 Å². The molecule has 1 aromatic rings. The molecular weight excluding hydrogens is 291 g/mol. The minimum Gasteiger partial charge on any atom is -0.322 e. The van der Waals surface area contributed by atoms with Crippen molar-refractivity contribution in [3.8, 4) is 0 Å². The molecule has 2 nitrogen and oxygen atoms in total. The fourth-order valence-electron chi connectivity index (χ4n) is 3.14. The maximum Gasteiger partial charge on any atom is 0.0640 e. The van der Waals surface area contributed by atoms with Crippen molar-refractivity contribution < 1.29 is 0 Å². The molecule has 2 N–H and O–H groups in total. The highest BCUT2D eigenvalue weighted by atomic mass is 35.5. The fourth-order valence-corrected chi connectivity index (χ4v) is 3.57. The second-order valence-electron chi connectivity index (χ2n) is 5.88. The van der Waals surface area contributed by atoms with Crippen LogP contribution in [0.15, 0.2) is 18.2 Å². The summed E-state index contributed by atoms with van der Waals surface area (Å²) in [6, 6.07) is 5.60. The largest absolute Gasteiger partial charge is 0.322 e. The van der Waals surface area contributed by atoms with E-state index in [9.17, 15) is 0 Å². The molecular formula is C16H24Cl2N2. The Balaban J connectivity index is 2.32. The van der Waals surface area contributed by atoms with Gasteiger partial charge in [-0.15, -0.1) is 0 Å². The van der Waals surface area contributed by atoms with Crippen LogP contribution in [0.3, 0.4) is 0 Å². The summed E-state index contributed by atoms with van der Waals surface area (Å²) in [5.41, 5.74) is 7.48. The van der Waals surface area contributed by atoms with Crippen LogP contribution in [0.4, 0.5) is 0 Å². The van der Waals surface area contributed by atoms with Crippen LogP contribution in [0.2, 0.25) is 10.0 Å². The van der Waals surface area contributed by atoms with Gasteiger partial charge in [0.25, 0.3) is 0 Å². The Morgan fingerprint density at radius 1 is 1.25 bits per heavy atom. The molecule has 1 aromatic carbocycles. The third-order valence-electron chi connectivity index (χ3n) is 4.78. The third kappa shape index (κ3) is 2.99. The third-order valence-corrected chi connectivity index (χ3v) is 5.61. The van der Waals surface area contributed by atoms with Crippen LogP contribution in [0, 0.1) is 0 Å². The van der Waals surface area contributed by atoms with Crippen molar-refractivity contribution in [2.24, 2.45) is 5.73 Å². The molecule has 20 heavy (non-hydrogen) atoms. The Morgan fingerprint density at radius 2 is 1.90 bits per heavy atom. The summed E-state index contributed by atoms with van der Waals surface area (Å²) in [6.45, 7) is 6.69. The molecule has 0 aromatic heterocycles. The van der Waals surface area contributed by atoms with Gasteiger partial charge in [0.05, 0.1) is 10.0 Å². The number of likely N-dealkylation sites (tertiary alicyclic amines) is 1. The SMILES string of the molecule is CCC(C)(C(N)c1cccc(Cl)c1Cl)N1CCCCC1. The number of benzene rings is 1. The second kappa shape index (κ2) is 6.65. The summed E-state index contributed by atoms with van der Waals surface area (Å²) in [5, 5.41) is 1.18. The molecule has 1 aliphatic rings. The highest BCUT2D eigenvalue weighted by Crippen LogP contribution is 2.38. The quantitative estimate of drug-likeness (QED) is 0.876. The van der Waals surface area contributed by atoms with Gasteiger partial charge in [-0.2, -0.15) is 0 Å². The first-order chi connectivity index (χ1) is 9.50. The molecule has 112 valence electrons. The Labute approximate surface area is 132 Å². The minimum absolute atomic E-state index is 0.0747. The van der Waals surface area contributed by atoms with Gasteiger partial charge in [0.15, 0.2) is 0 Å². The summed E-state index contributed by atoms with van der Waals surface area (Å²) in [6.07, 6.45) is 4.83. The van der Waals surface area contributed by atoms with E-state index in [0.717, 1.165) is 25.1 Å². The molecule has 1 saturated heterocycles. The van der Waals surface area contributed by atoms with Crippen LogP contribution in [0.25, 0.3) is 0 Å². The number of rotatable bonds is 4. The predicted octanol–water partition coefficient (Wildman–Crippen LogP) is 4.65. The van der Waals surface area contributed by atoms with Gasteiger partial charge in [0.1, 0.15) is 0 Å². The van der Waals surface area contributed by atoms with E-state index in [1.165, 1.54) is 19.3 Å². The van der Waals surface area contributed by atoms with Crippen LogP contribution in [-0.2, 0) is 0 Å². The summed E-state index contributed by atoms with van der Waals surface area (Å²) < 4.78 is 0. The van der Waals surface area contributed by atoms with E-state index in [1.807, 2.05) is 18.2 Å². The molecule has 1 heterocycles. The molecule has 2 unspecified atom stereocenters. The molecule has 0 saturated carbocycles. The maximum absolute atomic E-state index is 6.60. The minimum atomic E-state index is -0.128. The van der Waals surface area contributed by atoms with Gasteiger partial charge in [-0.1, -0.05) is 48.7 Å². The van der Waals surface area contributed by atoms with Crippen molar-refractivity contribution in [2.45, 2.75) is 51.1 Å². The van der Waals surface area contributed by atoms with E-state index in [2.05, 4.69) is 18.7 Å². The predicted molar refractivity (Wildman–Crippen MR) is 87.5 cm³/mol. The first-order valence-electron chi connectivity index (χ1n) is 7.45. The molecule has 1 fully saturated rings. The van der Waals surface area contributed by atoms with Gasteiger partial charge >= 0.3 is 0 Å². The number of hydrogen-bond donors (Lipinski definition) is 1. The molecule has 1 aliphatic heterocycles. The number of nitrogens with zero attached hydrogens (tertiary/aromatic N) is 1. The standard InChI is InChI=1S/C16H24Cl2N2/c1-3-16(2,20-10-5-4-6-11-20)15(19)12-8-7-9-13(17)14(12)18/h7-9,15H,3-6,10-11,19H2,1-2H3. The molecule has 4 heteroatoms. The zero-order chi connectivity index (χ0) is 14.8. The van der Waals surface area contributed by atoms with Gasteiger partial charge in [0.2, 0.25) is 0 Å². The van der Waals surface area contributed by atoms with Gasteiger partial charge in [-0.3, -0.25) is 4.90 Å². The number of halogens is 2. The summed E-state index contributed by atoms with van der Waals surface area (Å²) in [7, 11) is 0. The average molecular weight is 315 g/mol. The average Bonchev–Trinajstić information content (AvgIpc) is 2.49. The molecule has 0 bridgehead atoms. The van der Waals surface area contributed by atoms with Crippen LogP contribution in [-0.4, -0.2) is 23.5 Å². The maximum atomic E-state index is 6.60. The Bertz CT molecular complexity index is 458. The topological polar surface area (TPSA) is 29.3 Å². The molecule has 2 atom stereocenters. The molecule has 2 rings (SSSR count). The lowest BCUT2D eigenvalue weighted by atomic mass is 9.82. The second-order valence-corrected chi connectivity index (χ2v) is 6.66. The lowest BCUT2D eigenvalue weighted by molar-refractivity contribution is 0.0543. The molecule has 0 amide bonds. The van der Waals surface area contributed by atoms with E-state index >= 15 is 0 Å². The van der Waals surface area contributed by atoms with Gasteiger partial charge in [-0.25, -0.2) is 0 Å². The molecule has 0 radical (unpaired) electrons. The van der Waals surface area contributed by atoms with Crippen LogP contribution in [0.1, 0.15) is 51.1 Å². The summed E-state index contributed by atoms with van der Waals surface area (Å²) in [5.74, 6) is 0. The molecule has 0 aliphatic carbocycles. The number of nitrogens with two attached hydrogens (primary N) is 1. The van der Waals surface area contributed by atoms with Gasteiger partial charge in [0, 0.05) is 11.6 Å². The van der Waals surface area contributed by atoms with Crippen molar-refractivity contribution in [1.29, 1.82) is 0 Å². The zero-order valence-corrected chi connectivity index (χ0v) is 13.8. The van der Waals surface area contributed by atoms with Crippen LogP contribution < -0.4 is 5.73 Å². The Hall–Kier alpha value is -0.280. The summed E-state index contributed by atoms with van der Waals surface area (Å²) in [4.78, 5) is 2.53. The van der Waals surface area contributed by atoms with E-state index < -0.39 is 0 Å². The highest BCUT2D eigenvalue weighted by molar-refractivity contribution is 6.42. The van der Waals surface area contributed by atoms with Crippen LogP contribution in [0.5, 0.6) is 0 Å². The van der Waals surface area contributed by atoms with Crippen LogP contribution >= 0.6 is 23.2 Å². The Morgan fingerprint density at radius 3 is 2.50 bits per heavy atom. The van der Waals surface area contributed by atoms with E-state index in [-0.39, 0.29) is 11.6 Å². The van der Waals surface area contributed by atoms with Crippen molar-refractivity contribution in [2.75, 3.05) is 13.1 Å². The van der Waals surface area contributed by atoms with Gasteiger partial charge < -0.3 is 5.73 Å². The normalized spacial score (nSPS) is 21.4. The summed E-state index contributed by atoms with van der Waals surface area (Å²) >= 11 is 12.5. The first-order valence-corrected chi connectivity index (χ1v) is 8.21. The fraction of sp³-hybridized carbons (Fsp3) is 0.625. The first kappa shape index (κ1) is 16.1. The monoisotopic (exact) mass is 314 g/mol. The Kier molecular flexibility index (Phi) is 5.36. The van der Waals surface area contributed by atoms with E-state index in [0.29, 0.717) is 10.0 Å². The number of piperidine rings is 1. The van der Waals surface area contributed by atoms with E-state index in [4.69, 9.17) is 28.9 Å². The molecule has 0 spiro atoms. The smallest absolute Gasteiger partial charge is 0.0640 e. The van der Waals surface area contributed by atoms with Crippen molar-refractivity contribution in [3.63, 3.8) is 0 Å². The highest BCUT2D eigenvalue weighted by Gasteiger charge is 2.38.